The van der Waals surface area contributed by atoms with Gasteiger partial charge in [0.05, 0.1) is 8.95 Å². The van der Waals surface area contributed by atoms with Crippen LogP contribution < -0.4 is 4.74 Å². The summed E-state index contributed by atoms with van der Waals surface area (Å²) in [7, 11) is 0. The Kier molecular flexibility index (Phi) is 6.16. The molecular formula is C24H17Br2NO3. The second kappa shape index (κ2) is 8.98. The molecule has 6 heteroatoms. The molecule has 0 radical (unpaired) electrons. The van der Waals surface area contributed by atoms with E-state index in [1.165, 1.54) is 5.56 Å². The first-order chi connectivity index (χ1) is 14.5. The zero-order valence-electron chi connectivity index (χ0n) is 16.1. The lowest BCUT2D eigenvalue weighted by atomic mass is 10.1. The summed E-state index contributed by atoms with van der Waals surface area (Å²) >= 11 is 7.13. The molecule has 0 atom stereocenters. The highest BCUT2D eigenvalue weighted by Gasteiger charge is 2.24. The Morgan fingerprint density at radius 2 is 1.67 bits per heavy atom. The Morgan fingerprint density at radius 1 is 1.00 bits per heavy atom. The molecule has 0 aromatic heterocycles. The molecule has 150 valence electrons. The van der Waals surface area contributed by atoms with Crippen LogP contribution in [0.1, 0.15) is 22.3 Å². The van der Waals surface area contributed by atoms with E-state index in [1.807, 2.05) is 60.7 Å². The smallest absolute Gasteiger partial charge is 0.363 e. The van der Waals surface area contributed by atoms with Gasteiger partial charge in [0.1, 0.15) is 12.4 Å². The maximum absolute atomic E-state index is 12.2. The molecule has 0 saturated heterocycles. The van der Waals surface area contributed by atoms with E-state index >= 15 is 0 Å². The lowest BCUT2D eigenvalue weighted by Gasteiger charge is -2.12. The summed E-state index contributed by atoms with van der Waals surface area (Å²) in [6.45, 7) is 2.52. The Morgan fingerprint density at radius 3 is 2.37 bits per heavy atom. The number of esters is 1. The van der Waals surface area contributed by atoms with Gasteiger partial charge in [-0.2, -0.15) is 0 Å². The lowest BCUT2D eigenvalue weighted by Crippen LogP contribution is -2.04. The quantitative estimate of drug-likeness (QED) is 0.284. The van der Waals surface area contributed by atoms with E-state index < -0.39 is 5.97 Å². The van der Waals surface area contributed by atoms with Crippen LogP contribution in [0.3, 0.4) is 0 Å². The van der Waals surface area contributed by atoms with E-state index in [-0.39, 0.29) is 5.70 Å². The monoisotopic (exact) mass is 525 g/mol. The summed E-state index contributed by atoms with van der Waals surface area (Å²) in [5.41, 5.74) is 4.11. The number of halogens is 2. The fourth-order valence-corrected chi connectivity index (χ4v) is 4.44. The number of nitrogens with zero attached hydrogens (tertiary/aromatic N) is 1. The summed E-state index contributed by atoms with van der Waals surface area (Å²) in [6.07, 6.45) is 1.69. The molecule has 3 aromatic carbocycles. The molecule has 4 rings (SSSR count). The number of ether oxygens (including phenoxy) is 2. The van der Waals surface area contributed by atoms with E-state index in [0.29, 0.717) is 18.3 Å². The molecule has 0 N–H and O–H groups in total. The Labute approximate surface area is 191 Å². The molecule has 0 unspecified atom stereocenters. The molecule has 0 aliphatic carbocycles. The minimum atomic E-state index is -0.471. The van der Waals surface area contributed by atoms with Gasteiger partial charge in [-0.1, -0.05) is 42.5 Å². The van der Waals surface area contributed by atoms with Crippen molar-refractivity contribution < 1.29 is 14.3 Å². The molecule has 1 aliphatic heterocycles. The van der Waals surface area contributed by atoms with Gasteiger partial charge < -0.3 is 9.47 Å². The van der Waals surface area contributed by atoms with Crippen molar-refractivity contribution in [2.45, 2.75) is 13.5 Å². The van der Waals surface area contributed by atoms with Crippen LogP contribution in [0.15, 0.2) is 86.4 Å². The third kappa shape index (κ3) is 4.55. The number of carbonyl (C=O) groups excluding carboxylic acids is 1. The van der Waals surface area contributed by atoms with Gasteiger partial charge in [0, 0.05) is 5.56 Å². The molecule has 0 amide bonds. The summed E-state index contributed by atoms with van der Waals surface area (Å²) < 4.78 is 12.9. The normalized spacial score (nSPS) is 14.6. The summed E-state index contributed by atoms with van der Waals surface area (Å²) in [5.74, 6) is 0.534. The average Bonchev–Trinajstić information content (AvgIpc) is 3.09. The first-order valence-electron chi connectivity index (χ1n) is 9.25. The molecule has 1 aliphatic rings. The van der Waals surface area contributed by atoms with Crippen LogP contribution >= 0.6 is 31.9 Å². The van der Waals surface area contributed by atoms with E-state index in [4.69, 9.17) is 9.47 Å². The average molecular weight is 527 g/mol. The number of benzene rings is 3. The standard InChI is InChI=1S/C24H17Br2NO3/c1-15-7-5-6-10-18(15)14-29-22-19(25)11-16(12-20(22)26)13-21-24(28)30-23(27-21)17-8-3-2-4-9-17/h2-13H,14H2,1H3/b21-13-. The van der Waals surface area contributed by atoms with Gasteiger partial charge in [-0.25, -0.2) is 9.79 Å². The molecule has 0 saturated carbocycles. The maximum atomic E-state index is 12.2. The lowest BCUT2D eigenvalue weighted by molar-refractivity contribution is -0.129. The van der Waals surface area contributed by atoms with Crippen molar-refractivity contribution >= 4 is 49.8 Å². The number of aliphatic imine (C=N–C) groups is 1. The fraction of sp³-hybridized carbons (Fsp3) is 0.0833. The summed E-state index contributed by atoms with van der Waals surface area (Å²) in [4.78, 5) is 16.6. The number of hydrogen-bond acceptors (Lipinski definition) is 4. The van der Waals surface area contributed by atoms with Crippen molar-refractivity contribution in [3.63, 3.8) is 0 Å². The molecule has 30 heavy (non-hydrogen) atoms. The van der Waals surface area contributed by atoms with Crippen molar-refractivity contribution in [1.82, 2.24) is 0 Å². The minimum Gasteiger partial charge on any atom is -0.487 e. The number of aryl methyl sites for hydroxylation is 1. The van der Waals surface area contributed by atoms with Crippen LogP contribution in [0.5, 0.6) is 5.75 Å². The second-order valence-corrected chi connectivity index (χ2v) is 8.44. The van der Waals surface area contributed by atoms with Gasteiger partial charge in [-0.3, -0.25) is 0 Å². The van der Waals surface area contributed by atoms with Gasteiger partial charge >= 0.3 is 5.97 Å². The third-order valence-electron chi connectivity index (χ3n) is 4.60. The van der Waals surface area contributed by atoms with Gasteiger partial charge in [-0.05, 0) is 85.8 Å². The Hall–Kier alpha value is -2.70. The number of carbonyl (C=O) groups is 1. The zero-order chi connectivity index (χ0) is 21.1. The summed E-state index contributed by atoms with van der Waals surface area (Å²) in [5, 5.41) is 0. The summed E-state index contributed by atoms with van der Waals surface area (Å²) in [6, 6.07) is 21.2. The largest absolute Gasteiger partial charge is 0.487 e. The van der Waals surface area contributed by atoms with Gasteiger partial charge in [0.2, 0.25) is 5.90 Å². The SMILES string of the molecule is Cc1ccccc1COc1c(Br)cc(/C=C2\N=C(c3ccccc3)OC2=O)cc1Br. The molecular weight excluding hydrogens is 510 g/mol. The van der Waals surface area contributed by atoms with Crippen molar-refractivity contribution in [2.75, 3.05) is 0 Å². The molecule has 1 heterocycles. The van der Waals surface area contributed by atoms with Crippen LogP contribution in [0.4, 0.5) is 0 Å². The van der Waals surface area contributed by atoms with E-state index in [9.17, 15) is 4.79 Å². The number of hydrogen-bond donors (Lipinski definition) is 0. The molecule has 3 aromatic rings. The van der Waals surface area contributed by atoms with Gasteiger partial charge in [-0.15, -0.1) is 0 Å². The van der Waals surface area contributed by atoms with Crippen LogP contribution in [0.25, 0.3) is 6.08 Å². The van der Waals surface area contributed by atoms with Crippen LogP contribution in [-0.2, 0) is 16.1 Å². The number of cyclic esters (lactones) is 1. The molecule has 0 bridgehead atoms. The highest BCUT2D eigenvalue weighted by molar-refractivity contribution is 9.11. The highest BCUT2D eigenvalue weighted by atomic mass is 79.9. The predicted octanol–water partition coefficient (Wildman–Crippen LogP) is 6.44. The van der Waals surface area contributed by atoms with E-state index in [2.05, 4.69) is 49.8 Å². The third-order valence-corrected chi connectivity index (χ3v) is 5.78. The predicted molar refractivity (Wildman–Crippen MR) is 124 cm³/mol. The van der Waals surface area contributed by atoms with E-state index in [1.54, 1.807) is 6.08 Å². The maximum Gasteiger partial charge on any atom is 0.363 e. The second-order valence-electron chi connectivity index (χ2n) is 6.73. The first kappa shape index (κ1) is 20.6. The van der Waals surface area contributed by atoms with E-state index in [0.717, 1.165) is 25.6 Å². The molecule has 0 fully saturated rings. The molecule has 0 spiro atoms. The minimum absolute atomic E-state index is 0.251. The fourth-order valence-electron chi connectivity index (χ4n) is 2.99. The first-order valence-corrected chi connectivity index (χ1v) is 10.8. The van der Waals surface area contributed by atoms with Gasteiger partial charge in [0.15, 0.2) is 5.70 Å². The number of rotatable bonds is 5. The van der Waals surface area contributed by atoms with Crippen LogP contribution in [0, 0.1) is 6.92 Å². The van der Waals surface area contributed by atoms with Crippen molar-refractivity contribution in [2.24, 2.45) is 4.99 Å². The Bertz CT molecular complexity index is 1150. The Balaban J connectivity index is 1.56. The zero-order valence-corrected chi connectivity index (χ0v) is 19.2. The molecule has 4 nitrogen and oxygen atoms in total. The highest BCUT2D eigenvalue weighted by Crippen LogP contribution is 2.36. The van der Waals surface area contributed by atoms with Crippen molar-refractivity contribution in [3.8, 4) is 5.75 Å². The van der Waals surface area contributed by atoms with Crippen LogP contribution in [0.2, 0.25) is 0 Å². The van der Waals surface area contributed by atoms with Crippen LogP contribution in [-0.4, -0.2) is 11.9 Å². The van der Waals surface area contributed by atoms with Crippen molar-refractivity contribution in [3.05, 3.63) is 104 Å². The van der Waals surface area contributed by atoms with Gasteiger partial charge in [0.25, 0.3) is 0 Å². The van der Waals surface area contributed by atoms with Crippen molar-refractivity contribution in [1.29, 1.82) is 0 Å². The topological polar surface area (TPSA) is 47.9 Å².